The van der Waals surface area contributed by atoms with Crippen molar-refractivity contribution in [3.63, 3.8) is 0 Å². The van der Waals surface area contributed by atoms with E-state index in [1.165, 1.54) is 10.4 Å². The highest BCUT2D eigenvalue weighted by molar-refractivity contribution is 7.10. The molecule has 0 aromatic carbocycles. The molecule has 0 aliphatic carbocycles. The highest BCUT2D eigenvalue weighted by Gasteiger charge is 2.00. The maximum atomic E-state index is 3.50. The maximum Gasteiger partial charge on any atom is 0.0302 e. The number of nitrogens with one attached hydrogen (secondary N) is 1. The fraction of sp³-hybridized carbons (Fsp3) is 0.667. The van der Waals surface area contributed by atoms with Crippen LogP contribution in [0, 0.1) is 6.92 Å². The van der Waals surface area contributed by atoms with E-state index in [1.807, 2.05) is 11.3 Å². The summed E-state index contributed by atoms with van der Waals surface area (Å²) in [5.41, 5.74) is 1.41. The van der Waals surface area contributed by atoms with Crippen LogP contribution in [0.4, 0.5) is 0 Å². The average Bonchev–Trinajstić information content (AvgIpc) is 2.65. The molecule has 17 heavy (non-hydrogen) atoms. The van der Waals surface area contributed by atoms with E-state index in [1.54, 1.807) is 0 Å². The Hall–Kier alpha value is 0.200. The number of halogens is 2. The average molecular weight is 297 g/mol. The molecule has 1 rings (SSSR count). The number of aryl methyl sites for hydroxylation is 1. The lowest BCUT2D eigenvalue weighted by Crippen LogP contribution is -3.00. The van der Waals surface area contributed by atoms with Crippen LogP contribution in [-0.2, 0) is 6.54 Å². The van der Waals surface area contributed by atoms with Crippen molar-refractivity contribution < 1.29 is 24.8 Å². The first-order valence-corrected chi connectivity index (χ1v) is 6.62. The molecule has 0 spiro atoms. The van der Waals surface area contributed by atoms with Gasteiger partial charge in [-0.3, -0.25) is 0 Å². The highest BCUT2D eigenvalue weighted by atomic mass is 35.5. The van der Waals surface area contributed by atoms with Crippen molar-refractivity contribution in [1.29, 1.82) is 0 Å². The SMILES string of the molecule is CCN(CC)CCNCc1sccc1C.[Cl-].[Cl-]. The Balaban J connectivity index is 0. The summed E-state index contributed by atoms with van der Waals surface area (Å²) in [6, 6.07) is 2.19. The van der Waals surface area contributed by atoms with Crippen LogP contribution in [0.2, 0.25) is 0 Å². The summed E-state index contributed by atoms with van der Waals surface area (Å²) in [4.78, 5) is 3.91. The van der Waals surface area contributed by atoms with Crippen molar-refractivity contribution in [2.75, 3.05) is 26.2 Å². The fourth-order valence-corrected chi connectivity index (χ4v) is 2.44. The van der Waals surface area contributed by atoms with Gasteiger partial charge in [0.25, 0.3) is 0 Å². The molecule has 2 nitrogen and oxygen atoms in total. The van der Waals surface area contributed by atoms with Crippen LogP contribution in [0.25, 0.3) is 0 Å². The zero-order valence-corrected chi connectivity index (χ0v) is 13.1. The van der Waals surface area contributed by atoms with E-state index in [0.29, 0.717) is 0 Å². The normalized spacial score (nSPS) is 9.88. The van der Waals surface area contributed by atoms with Gasteiger partial charge in [0.2, 0.25) is 0 Å². The summed E-state index contributed by atoms with van der Waals surface area (Å²) in [5, 5.41) is 5.66. The quantitative estimate of drug-likeness (QED) is 0.526. The van der Waals surface area contributed by atoms with Crippen molar-refractivity contribution in [3.05, 3.63) is 21.9 Å². The second-order valence-electron chi connectivity index (χ2n) is 3.73. The number of hydrogen-bond acceptors (Lipinski definition) is 3. The van der Waals surface area contributed by atoms with Gasteiger partial charge in [-0.2, -0.15) is 0 Å². The number of rotatable bonds is 7. The molecule has 0 aliphatic rings. The van der Waals surface area contributed by atoms with Gasteiger partial charge in [0.05, 0.1) is 0 Å². The fourth-order valence-electron chi connectivity index (χ4n) is 1.56. The Morgan fingerprint density at radius 1 is 1.24 bits per heavy atom. The molecule has 0 fully saturated rings. The van der Waals surface area contributed by atoms with Gasteiger partial charge in [0.1, 0.15) is 0 Å². The largest absolute Gasteiger partial charge is 1.00 e. The van der Waals surface area contributed by atoms with E-state index in [9.17, 15) is 0 Å². The summed E-state index contributed by atoms with van der Waals surface area (Å²) in [7, 11) is 0. The zero-order valence-electron chi connectivity index (χ0n) is 10.8. The summed E-state index contributed by atoms with van der Waals surface area (Å²) in [6.07, 6.45) is 0. The van der Waals surface area contributed by atoms with Crippen LogP contribution in [-0.4, -0.2) is 31.1 Å². The first-order valence-electron chi connectivity index (χ1n) is 5.74. The number of thiophene rings is 1. The maximum absolute atomic E-state index is 3.50. The third kappa shape index (κ3) is 7.27. The van der Waals surface area contributed by atoms with Gasteiger partial charge in [-0.25, -0.2) is 0 Å². The Morgan fingerprint density at radius 3 is 2.35 bits per heavy atom. The topological polar surface area (TPSA) is 15.3 Å². The third-order valence-electron chi connectivity index (χ3n) is 2.75. The van der Waals surface area contributed by atoms with Gasteiger partial charge < -0.3 is 35.0 Å². The van der Waals surface area contributed by atoms with Crippen LogP contribution >= 0.6 is 11.3 Å². The Labute approximate surface area is 122 Å². The molecule has 0 unspecified atom stereocenters. The van der Waals surface area contributed by atoms with Crippen molar-refractivity contribution in [2.24, 2.45) is 0 Å². The minimum atomic E-state index is 0. The second-order valence-corrected chi connectivity index (χ2v) is 4.73. The van der Waals surface area contributed by atoms with E-state index in [4.69, 9.17) is 0 Å². The van der Waals surface area contributed by atoms with Crippen LogP contribution in [0.1, 0.15) is 24.3 Å². The third-order valence-corrected chi connectivity index (χ3v) is 3.78. The van der Waals surface area contributed by atoms with Crippen molar-refractivity contribution in [1.82, 2.24) is 10.2 Å². The lowest BCUT2D eigenvalue weighted by molar-refractivity contribution is -0.00100. The molecule has 0 saturated carbocycles. The minimum Gasteiger partial charge on any atom is -1.00 e. The van der Waals surface area contributed by atoms with Crippen LogP contribution in [0.5, 0.6) is 0 Å². The van der Waals surface area contributed by atoms with Gasteiger partial charge in [-0.15, -0.1) is 11.3 Å². The predicted molar refractivity (Wildman–Crippen MR) is 68.6 cm³/mol. The number of hydrogen-bond donors (Lipinski definition) is 1. The van der Waals surface area contributed by atoms with Gasteiger partial charge >= 0.3 is 0 Å². The second kappa shape index (κ2) is 11.3. The van der Waals surface area contributed by atoms with Crippen LogP contribution in [0.15, 0.2) is 11.4 Å². The Kier molecular flexibility index (Phi) is 13.0. The van der Waals surface area contributed by atoms with E-state index in [0.717, 1.165) is 32.7 Å². The van der Waals surface area contributed by atoms with Gasteiger partial charge in [0, 0.05) is 24.5 Å². The monoisotopic (exact) mass is 296 g/mol. The molecule has 1 aromatic heterocycles. The smallest absolute Gasteiger partial charge is 0.0302 e. The van der Waals surface area contributed by atoms with Gasteiger partial charge in [-0.1, -0.05) is 13.8 Å². The number of nitrogens with zero attached hydrogens (tertiary/aromatic N) is 1. The van der Waals surface area contributed by atoms with Gasteiger partial charge in [-0.05, 0) is 37.0 Å². The summed E-state index contributed by atoms with van der Waals surface area (Å²) in [6.45, 7) is 12.2. The predicted octanol–water partition coefficient (Wildman–Crippen LogP) is -3.50. The summed E-state index contributed by atoms with van der Waals surface area (Å²) < 4.78 is 0. The molecule has 0 atom stereocenters. The Morgan fingerprint density at radius 2 is 1.88 bits per heavy atom. The molecule has 0 amide bonds. The van der Waals surface area contributed by atoms with E-state index in [2.05, 4.69) is 42.4 Å². The number of likely N-dealkylation sites (N-methyl/N-ethyl adjacent to an activating group) is 1. The molecule has 1 heterocycles. The molecule has 5 heteroatoms. The molecule has 0 bridgehead atoms. The molecule has 0 saturated heterocycles. The lowest BCUT2D eigenvalue weighted by Gasteiger charge is -2.17. The lowest BCUT2D eigenvalue weighted by atomic mass is 10.3. The van der Waals surface area contributed by atoms with Crippen molar-refractivity contribution >= 4 is 11.3 Å². The van der Waals surface area contributed by atoms with Gasteiger partial charge in [0.15, 0.2) is 0 Å². The molecule has 1 N–H and O–H groups in total. The highest BCUT2D eigenvalue weighted by Crippen LogP contribution is 2.14. The molecule has 1 aromatic rings. The van der Waals surface area contributed by atoms with Crippen molar-refractivity contribution in [3.8, 4) is 0 Å². The summed E-state index contributed by atoms with van der Waals surface area (Å²) >= 11 is 1.84. The minimum absolute atomic E-state index is 0. The standard InChI is InChI=1S/C12H22N2S.2ClH/c1-4-14(5-2)8-7-13-10-12-11(3)6-9-15-12;;/h6,9,13H,4-5,7-8,10H2,1-3H3;2*1H/p-2. The van der Waals surface area contributed by atoms with Crippen LogP contribution < -0.4 is 30.1 Å². The van der Waals surface area contributed by atoms with Crippen LogP contribution in [0.3, 0.4) is 0 Å². The van der Waals surface area contributed by atoms with E-state index in [-0.39, 0.29) is 24.8 Å². The first-order chi connectivity index (χ1) is 7.27. The Bertz CT molecular complexity index is 275. The summed E-state index contributed by atoms with van der Waals surface area (Å²) in [5.74, 6) is 0. The molecular weight excluding hydrogens is 275 g/mol. The molecule has 102 valence electrons. The molecular formula is C12H22Cl2N2S-2. The molecule has 0 radical (unpaired) electrons. The van der Waals surface area contributed by atoms with Crippen molar-refractivity contribution in [2.45, 2.75) is 27.3 Å². The van der Waals surface area contributed by atoms with E-state index < -0.39 is 0 Å². The molecule has 0 aliphatic heterocycles. The zero-order chi connectivity index (χ0) is 11.1. The van der Waals surface area contributed by atoms with E-state index >= 15 is 0 Å². The first kappa shape index (κ1) is 19.5.